The highest BCUT2D eigenvalue weighted by atomic mass is 16.6. The number of ether oxygens (including phenoxy) is 3. The Morgan fingerprint density at radius 1 is 0.328 bits per heavy atom. The number of hydrogen-bond acceptors (Lipinski definition) is 6. The molecule has 0 bridgehead atoms. The topological polar surface area (TPSA) is 78.9 Å². The summed E-state index contributed by atoms with van der Waals surface area (Å²) in [6.07, 6.45) is 45.3. The minimum Gasteiger partial charge on any atom is -0.462 e. The van der Waals surface area contributed by atoms with Crippen molar-refractivity contribution in [3.05, 3.63) is 0 Å². The van der Waals surface area contributed by atoms with Gasteiger partial charge in [-0.2, -0.15) is 0 Å². The second-order valence-corrected chi connectivity index (χ2v) is 18.8. The summed E-state index contributed by atoms with van der Waals surface area (Å²) in [5.74, 6) is 0.830. The van der Waals surface area contributed by atoms with E-state index in [1.54, 1.807) is 0 Å². The molecule has 0 unspecified atom stereocenters. The van der Waals surface area contributed by atoms with Crippen LogP contribution in [0.1, 0.15) is 285 Å². The van der Waals surface area contributed by atoms with Crippen molar-refractivity contribution in [2.24, 2.45) is 11.8 Å². The molecule has 58 heavy (non-hydrogen) atoms. The molecule has 344 valence electrons. The molecule has 0 N–H and O–H groups in total. The lowest BCUT2D eigenvalue weighted by Crippen LogP contribution is -2.30. The zero-order chi connectivity index (χ0) is 42.6. The van der Waals surface area contributed by atoms with E-state index in [9.17, 15) is 14.4 Å². The Hall–Kier alpha value is -1.59. The summed E-state index contributed by atoms with van der Waals surface area (Å²) in [4.78, 5) is 37.8. The third kappa shape index (κ3) is 45.5. The van der Waals surface area contributed by atoms with E-state index in [1.807, 2.05) is 0 Å². The fraction of sp³-hybridized carbons (Fsp3) is 0.942. The standard InChI is InChI=1S/C52H100O6/c1-6-7-8-9-25-34-39-44-52(55)58-49(46-57-51(54)43-38-33-29-24-20-16-12-14-18-22-27-31-36-41-48(4)5)45-56-50(53)42-37-32-28-23-19-15-11-10-13-17-21-26-30-35-40-47(2)3/h47-49H,6-46H2,1-5H3/t49-/m0/s1. The van der Waals surface area contributed by atoms with E-state index in [2.05, 4.69) is 34.6 Å². The molecule has 0 radical (unpaired) electrons. The highest BCUT2D eigenvalue weighted by Crippen LogP contribution is 2.17. The zero-order valence-corrected chi connectivity index (χ0v) is 39.7. The molecule has 0 aliphatic carbocycles. The summed E-state index contributed by atoms with van der Waals surface area (Å²) in [5.41, 5.74) is 0. The van der Waals surface area contributed by atoms with Crippen molar-refractivity contribution >= 4 is 17.9 Å². The molecule has 0 aromatic carbocycles. The summed E-state index contributed by atoms with van der Waals surface area (Å²) >= 11 is 0. The molecule has 0 aromatic heterocycles. The van der Waals surface area contributed by atoms with Gasteiger partial charge in [0.25, 0.3) is 0 Å². The molecule has 0 spiro atoms. The molecule has 0 aromatic rings. The van der Waals surface area contributed by atoms with Crippen molar-refractivity contribution in [2.45, 2.75) is 291 Å². The van der Waals surface area contributed by atoms with Crippen LogP contribution in [-0.4, -0.2) is 37.2 Å². The van der Waals surface area contributed by atoms with Crippen LogP contribution in [0.25, 0.3) is 0 Å². The first kappa shape index (κ1) is 56.4. The molecule has 0 saturated heterocycles. The van der Waals surface area contributed by atoms with Gasteiger partial charge in [-0.25, -0.2) is 0 Å². The molecule has 6 nitrogen and oxygen atoms in total. The van der Waals surface area contributed by atoms with Gasteiger partial charge in [0.15, 0.2) is 6.10 Å². The monoisotopic (exact) mass is 821 g/mol. The Bertz CT molecular complexity index is 885. The van der Waals surface area contributed by atoms with Crippen molar-refractivity contribution in [3.63, 3.8) is 0 Å². The van der Waals surface area contributed by atoms with Crippen LogP contribution in [0.4, 0.5) is 0 Å². The van der Waals surface area contributed by atoms with Crippen LogP contribution in [0.2, 0.25) is 0 Å². The number of esters is 3. The second-order valence-electron chi connectivity index (χ2n) is 18.8. The van der Waals surface area contributed by atoms with Gasteiger partial charge in [0, 0.05) is 19.3 Å². The molecule has 0 fully saturated rings. The van der Waals surface area contributed by atoms with Crippen molar-refractivity contribution in [2.75, 3.05) is 13.2 Å². The van der Waals surface area contributed by atoms with Gasteiger partial charge < -0.3 is 14.2 Å². The maximum atomic E-state index is 12.7. The Morgan fingerprint density at radius 2 is 0.569 bits per heavy atom. The fourth-order valence-electron chi connectivity index (χ4n) is 7.81. The van der Waals surface area contributed by atoms with Gasteiger partial charge in [-0.05, 0) is 31.1 Å². The van der Waals surface area contributed by atoms with Crippen LogP contribution in [0.15, 0.2) is 0 Å². The van der Waals surface area contributed by atoms with Crippen molar-refractivity contribution < 1.29 is 28.6 Å². The van der Waals surface area contributed by atoms with Gasteiger partial charge in [0.1, 0.15) is 13.2 Å². The summed E-state index contributed by atoms with van der Waals surface area (Å²) in [6.45, 7) is 11.3. The average molecular weight is 821 g/mol. The highest BCUT2D eigenvalue weighted by molar-refractivity contribution is 5.71. The van der Waals surface area contributed by atoms with E-state index in [1.165, 1.54) is 173 Å². The molecule has 0 amide bonds. The third-order valence-corrected chi connectivity index (χ3v) is 11.7. The summed E-state index contributed by atoms with van der Waals surface area (Å²) < 4.78 is 16.7. The first-order valence-electron chi connectivity index (χ1n) is 25.7. The maximum absolute atomic E-state index is 12.7. The predicted octanol–water partition coefficient (Wildman–Crippen LogP) is 16.5. The number of hydrogen-bond donors (Lipinski definition) is 0. The first-order valence-corrected chi connectivity index (χ1v) is 25.7. The second kappa shape index (κ2) is 44.9. The van der Waals surface area contributed by atoms with Crippen LogP contribution in [0, 0.1) is 11.8 Å². The smallest absolute Gasteiger partial charge is 0.306 e. The van der Waals surface area contributed by atoms with E-state index in [4.69, 9.17) is 14.2 Å². The van der Waals surface area contributed by atoms with Gasteiger partial charge in [-0.15, -0.1) is 0 Å². The molecule has 0 rings (SSSR count). The van der Waals surface area contributed by atoms with E-state index in [-0.39, 0.29) is 31.1 Å². The maximum Gasteiger partial charge on any atom is 0.306 e. The van der Waals surface area contributed by atoms with Crippen LogP contribution in [0.3, 0.4) is 0 Å². The van der Waals surface area contributed by atoms with Crippen LogP contribution >= 0.6 is 0 Å². The quantitative estimate of drug-likeness (QED) is 0.0346. The lowest BCUT2D eigenvalue weighted by molar-refractivity contribution is -0.167. The predicted molar refractivity (Wildman–Crippen MR) is 247 cm³/mol. The Kier molecular flexibility index (Phi) is 43.7. The lowest BCUT2D eigenvalue weighted by Gasteiger charge is -2.18. The molecule has 0 aliphatic rings. The third-order valence-electron chi connectivity index (χ3n) is 11.7. The average Bonchev–Trinajstić information content (AvgIpc) is 3.19. The van der Waals surface area contributed by atoms with Gasteiger partial charge >= 0.3 is 17.9 Å². The number of carbonyl (C=O) groups excluding carboxylic acids is 3. The van der Waals surface area contributed by atoms with Gasteiger partial charge in [-0.3, -0.25) is 14.4 Å². The molecule has 0 aliphatic heterocycles. The summed E-state index contributed by atoms with van der Waals surface area (Å²) in [5, 5.41) is 0. The zero-order valence-electron chi connectivity index (χ0n) is 39.7. The number of carbonyl (C=O) groups is 3. The Morgan fingerprint density at radius 3 is 0.845 bits per heavy atom. The van der Waals surface area contributed by atoms with Gasteiger partial charge in [0.2, 0.25) is 0 Å². The Labute approximate surface area is 361 Å². The molecular weight excluding hydrogens is 721 g/mol. The van der Waals surface area contributed by atoms with Gasteiger partial charge in [0.05, 0.1) is 0 Å². The fourth-order valence-corrected chi connectivity index (χ4v) is 7.81. The number of unbranched alkanes of at least 4 members (excludes halogenated alkanes) is 31. The first-order chi connectivity index (χ1) is 28.2. The van der Waals surface area contributed by atoms with E-state index < -0.39 is 6.10 Å². The van der Waals surface area contributed by atoms with Crippen LogP contribution < -0.4 is 0 Å². The molecule has 0 saturated carbocycles. The van der Waals surface area contributed by atoms with Crippen LogP contribution in [-0.2, 0) is 28.6 Å². The minimum absolute atomic E-state index is 0.0642. The van der Waals surface area contributed by atoms with Gasteiger partial charge in [-0.1, -0.05) is 247 Å². The van der Waals surface area contributed by atoms with Crippen molar-refractivity contribution in [1.29, 1.82) is 0 Å². The molecule has 1 atom stereocenters. The molecule has 0 heterocycles. The van der Waals surface area contributed by atoms with Crippen molar-refractivity contribution in [1.82, 2.24) is 0 Å². The van der Waals surface area contributed by atoms with Crippen molar-refractivity contribution in [3.8, 4) is 0 Å². The highest BCUT2D eigenvalue weighted by Gasteiger charge is 2.19. The van der Waals surface area contributed by atoms with E-state index in [0.29, 0.717) is 19.3 Å². The normalized spacial score (nSPS) is 12.1. The minimum atomic E-state index is -0.760. The summed E-state index contributed by atoms with van der Waals surface area (Å²) in [6, 6.07) is 0. The van der Waals surface area contributed by atoms with E-state index >= 15 is 0 Å². The summed E-state index contributed by atoms with van der Waals surface area (Å²) in [7, 11) is 0. The lowest BCUT2D eigenvalue weighted by atomic mass is 10.0. The van der Waals surface area contributed by atoms with Crippen LogP contribution in [0.5, 0.6) is 0 Å². The Balaban J connectivity index is 4.16. The van der Waals surface area contributed by atoms with E-state index in [0.717, 1.165) is 69.6 Å². The molecular formula is C52H100O6. The number of rotatable bonds is 46. The SMILES string of the molecule is CCCCCCCCCC(=O)O[C@@H](COC(=O)CCCCCCCCCCCCCCCCC(C)C)COC(=O)CCCCCCCCCCCCCCCC(C)C. The largest absolute Gasteiger partial charge is 0.462 e. The molecule has 6 heteroatoms.